The van der Waals surface area contributed by atoms with Crippen molar-refractivity contribution in [3.63, 3.8) is 0 Å². The Morgan fingerprint density at radius 2 is 1.61 bits per heavy atom. The quantitative estimate of drug-likeness (QED) is 0.747. The van der Waals surface area contributed by atoms with Crippen LogP contribution in [0.4, 0.5) is 0 Å². The van der Waals surface area contributed by atoms with Crippen LogP contribution in [0.1, 0.15) is 5.56 Å². The molecule has 0 fully saturated rings. The highest BCUT2D eigenvalue weighted by atomic mass is 35.5. The Kier molecular flexibility index (Phi) is 3.75. The van der Waals surface area contributed by atoms with E-state index in [1.54, 1.807) is 18.8 Å². The lowest BCUT2D eigenvalue weighted by molar-refractivity contribution is 0.591. The number of hydrogen-bond donors (Lipinski definition) is 0. The zero-order valence-corrected chi connectivity index (χ0v) is 11.8. The molecule has 0 saturated carbocycles. The van der Waals surface area contributed by atoms with Crippen molar-refractivity contribution < 1.29 is 4.57 Å². The first-order chi connectivity index (χ1) is 8.51. The van der Waals surface area contributed by atoms with Crippen molar-refractivity contribution in [2.75, 3.05) is 6.66 Å². The summed E-state index contributed by atoms with van der Waals surface area (Å²) < 4.78 is 12.9. The first-order valence-electron chi connectivity index (χ1n) is 5.60. The molecule has 0 unspecified atom stereocenters. The summed E-state index contributed by atoms with van der Waals surface area (Å²) in [5.74, 6) is 0. The molecule has 0 saturated heterocycles. The highest BCUT2D eigenvalue weighted by Crippen LogP contribution is 2.53. The van der Waals surface area contributed by atoms with Gasteiger partial charge in [0.2, 0.25) is 0 Å². The molecule has 0 aromatic heterocycles. The van der Waals surface area contributed by atoms with Gasteiger partial charge in [-0.05, 0) is 24.4 Å². The average molecular weight is 277 g/mol. The van der Waals surface area contributed by atoms with E-state index in [2.05, 4.69) is 6.58 Å². The van der Waals surface area contributed by atoms with Crippen molar-refractivity contribution in [2.24, 2.45) is 0 Å². The molecule has 3 heteroatoms. The monoisotopic (exact) mass is 276 g/mol. The van der Waals surface area contributed by atoms with Crippen LogP contribution < -0.4 is 5.30 Å². The normalized spacial score (nSPS) is 13.9. The molecule has 0 aliphatic rings. The maximum absolute atomic E-state index is 12.9. The van der Waals surface area contributed by atoms with Crippen LogP contribution in [-0.2, 0) is 4.57 Å². The smallest absolute Gasteiger partial charge is 0.140 e. The molecule has 0 heterocycles. The predicted molar refractivity (Wildman–Crippen MR) is 80.1 cm³/mol. The third-order valence-corrected chi connectivity index (χ3v) is 5.77. The van der Waals surface area contributed by atoms with Gasteiger partial charge in [-0.1, -0.05) is 60.6 Å². The molecule has 0 aliphatic heterocycles. The summed E-state index contributed by atoms with van der Waals surface area (Å²) in [5, 5.41) is 2.15. The van der Waals surface area contributed by atoms with Crippen LogP contribution in [0.3, 0.4) is 0 Å². The number of hydrogen-bond acceptors (Lipinski definition) is 1. The van der Waals surface area contributed by atoms with Gasteiger partial charge in [-0.2, -0.15) is 0 Å². The van der Waals surface area contributed by atoms with Crippen molar-refractivity contribution in [3.05, 3.63) is 71.8 Å². The Labute approximate surface area is 112 Å². The first-order valence-corrected chi connectivity index (χ1v) is 8.13. The molecule has 18 heavy (non-hydrogen) atoms. The largest absolute Gasteiger partial charge is 0.314 e. The second-order valence-corrected chi connectivity index (χ2v) is 7.55. The second-order valence-electron chi connectivity index (χ2n) is 4.21. The summed E-state index contributed by atoms with van der Waals surface area (Å²) in [6, 6.07) is 16.7. The standard InChI is InChI=1S/C15H14ClOP/c1-12(13-8-10-14(16)11-9-13)18(2,17)15-6-4-3-5-7-15/h3-11H,1H2,2H3/t18-/m0/s1. The summed E-state index contributed by atoms with van der Waals surface area (Å²) in [5.41, 5.74) is 0.870. The van der Waals surface area contributed by atoms with Gasteiger partial charge < -0.3 is 4.57 Å². The zero-order valence-electron chi connectivity index (χ0n) is 10.1. The minimum atomic E-state index is -2.61. The Morgan fingerprint density at radius 1 is 1.06 bits per heavy atom. The van der Waals surface area contributed by atoms with E-state index in [9.17, 15) is 4.57 Å². The topological polar surface area (TPSA) is 17.1 Å². The van der Waals surface area contributed by atoms with E-state index >= 15 is 0 Å². The van der Waals surface area contributed by atoms with Crippen molar-refractivity contribution in [2.45, 2.75) is 0 Å². The van der Waals surface area contributed by atoms with Gasteiger partial charge in [-0.3, -0.25) is 0 Å². The summed E-state index contributed by atoms with van der Waals surface area (Å²) in [6.07, 6.45) is 0. The number of halogens is 1. The van der Waals surface area contributed by atoms with Gasteiger partial charge in [0.05, 0.1) is 0 Å². The molecule has 0 amide bonds. The molecule has 92 valence electrons. The lowest BCUT2D eigenvalue weighted by Crippen LogP contribution is -2.03. The molecule has 1 atom stereocenters. The van der Waals surface area contributed by atoms with Crippen LogP contribution in [0.15, 0.2) is 61.2 Å². The highest BCUT2D eigenvalue weighted by Gasteiger charge is 2.22. The molecular formula is C15H14ClOP. The SMILES string of the molecule is C=C(c1ccc(Cl)cc1)[P@](C)(=O)c1ccccc1. The van der Waals surface area contributed by atoms with Crippen LogP contribution in [0, 0.1) is 0 Å². The molecule has 2 rings (SSSR count). The molecule has 1 nitrogen and oxygen atoms in total. The van der Waals surface area contributed by atoms with Gasteiger partial charge in [0.25, 0.3) is 0 Å². The summed E-state index contributed by atoms with van der Waals surface area (Å²) in [6.45, 7) is 5.75. The van der Waals surface area contributed by atoms with E-state index in [0.717, 1.165) is 10.9 Å². The average Bonchev–Trinajstić information content (AvgIpc) is 2.40. The Morgan fingerprint density at radius 3 is 2.17 bits per heavy atom. The van der Waals surface area contributed by atoms with Gasteiger partial charge in [0.15, 0.2) is 0 Å². The molecule has 0 aliphatic carbocycles. The molecule has 0 spiro atoms. The fraction of sp³-hybridized carbons (Fsp3) is 0.0667. The van der Waals surface area contributed by atoms with Crippen LogP contribution in [-0.4, -0.2) is 6.66 Å². The van der Waals surface area contributed by atoms with Crippen LogP contribution in [0.5, 0.6) is 0 Å². The van der Waals surface area contributed by atoms with E-state index in [1.807, 2.05) is 42.5 Å². The molecule has 2 aromatic rings. The highest BCUT2D eigenvalue weighted by molar-refractivity contribution is 7.80. The maximum Gasteiger partial charge on any atom is 0.140 e. The molecule has 2 aromatic carbocycles. The lowest BCUT2D eigenvalue weighted by Gasteiger charge is -2.16. The number of benzene rings is 2. The number of rotatable bonds is 3. The lowest BCUT2D eigenvalue weighted by atomic mass is 10.2. The van der Waals surface area contributed by atoms with Crippen molar-refractivity contribution in [1.29, 1.82) is 0 Å². The third kappa shape index (κ3) is 2.58. The predicted octanol–water partition coefficient (Wildman–Crippen LogP) is 4.63. The Bertz CT molecular complexity index is 602. The zero-order chi connectivity index (χ0) is 13.2. The van der Waals surface area contributed by atoms with Gasteiger partial charge >= 0.3 is 0 Å². The molecule has 0 N–H and O–H groups in total. The van der Waals surface area contributed by atoms with Crippen molar-refractivity contribution >= 4 is 29.4 Å². The van der Waals surface area contributed by atoms with Crippen LogP contribution in [0.2, 0.25) is 5.02 Å². The second kappa shape index (κ2) is 5.14. The van der Waals surface area contributed by atoms with Gasteiger partial charge in [-0.25, -0.2) is 0 Å². The third-order valence-electron chi connectivity index (χ3n) is 2.94. The van der Waals surface area contributed by atoms with Crippen molar-refractivity contribution in [3.8, 4) is 0 Å². The van der Waals surface area contributed by atoms with Gasteiger partial charge in [-0.15, -0.1) is 0 Å². The minimum Gasteiger partial charge on any atom is -0.314 e. The first kappa shape index (κ1) is 13.1. The fourth-order valence-electron chi connectivity index (χ4n) is 1.76. The van der Waals surface area contributed by atoms with E-state index in [-0.39, 0.29) is 0 Å². The Hall–Kier alpha value is -1.30. The van der Waals surface area contributed by atoms with Crippen LogP contribution in [0.25, 0.3) is 5.31 Å². The van der Waals surface area contributed by atoms with Crippen LogP contribution >= 0.6 is 18.7 Å². The molecule has 0 bridgehead atoms. The fourth-order valence-corrected chi connectivity index (χ4v) is 3.58. The van der Waals surface area contributed by atoms with Crippen molar-refractivity contribution in [1.82, 2.24) is 0 Å². The minimum absolute atomic E-state index is 0.658. The van der Waals surface area contributed by atoms with Gasteiger partial charge in [0, 0.05) is 15.6 Å². The van der Waals surface area contributed by atoms with E-state index < -0.39 is 7.14 Å². The van der Waals surface area contributed by atoms with E-state index in [0.29, 0.717) is 10.3 Å². The molecule has 0 radical (unpaired) electrons. The van der Waals surface area contributed by atoms with E-state index in [1.165, 1.54) is 0 Å². The summed E-state index contributed by atoms with van der Waals surface area (Å²) in [7, 11) is -2.61. The van der Waals surface area contributed by atoms with E-state index in [4.69, 9.17) is 11.6 Å². The summed E-state index contributed by atoms with van der Waals surface area (Å²) in [4.78, 5) is 0. The van der Waals surface area contributed by atoms with Gasteiger partial charge in [0.1, 0.15) is 7.14 Å². The Balaban J connectivity index is 2.39. The maximum atomic E-state index is 12.9. The molecular weight excluding hydrogens is 263 g/mol. The summed E-state index contributed by atoms with van der Waals surface area (Å²) >= 11 is 5.85.